The molecule has 0 saturated heterocycles. The van der Waals surface area contributed by atoms with Crippen LogP contribution in [0.15, 0.2) is 30.7 Å². The SMILES string of the molecule is COc1cc(OC)cc(C(=O)N(CCN(C)C)Cc2cnc[nH]2)c1.O=CO.O=CO. The molecule has 166 valence electrons. The van der Waals surface area contributed by atoms with Crippen molar-refractivity contribution in [2.45, 2.75) is 6.54 Å². The number of aromatic amines is 1. The van der Waals surface area contributed by atoms with E-state index in [9.17, 15) is 4.79 Å². The lowest BCUT2D eigenvalue weighted by atomic mass is 10.1. The van der Waals surface area contributed by atoms with Gasteiger partial charge in [0.05, 0.1) is 32.8 Å². The van der Waals surface area contributed by atoms with Crippen molar-refractivity contribution in [3.8, 4) is 11.5 Å². The first-order chi connectivity index (χ1) is 14.4. The summed E-state index contributed by atoms with van der Waals surface area (Å²) in [6.07, 6.45) is 3.33. The highest BCUT2D eigenvalue weighted by Crippen LogP contribution is 2.23. The van der Waals surface area contributed by atoms with Gasteiger partial charge in [-0.1, -0.05) is 0 Å². The molecule has 2 rings (SSSR count). The van der Waals surface area contributed by atoms with E-state index in [1.807, 2.05) is 19.0 Å². The highest BCUT2D eigenvalue weighted by Gasteiger charge is 2.18. The van der Waals surface area contributed by atoms with Crippen molar-refractivity contribution in [3.05, 3.63) is 42.0 Å². The molecule has 0 aliphatic rings. The van der Waals surface area contributed by atoms with Crippen molar-refractivity contribution in [1.82, 2.24) is 19.8 Å². The van der Waals surface area contributed by atoms with Crippen molar-refractivity contribution >= 4 is 18.9 Å². The molecule has 0 spiro atoms. The van der Waals surface area contributed by atoms with E-state index in [-0.39, 0.29) is 18.9 Å². The maximum Gasteiger partial charge on any atom is 0.290 e. The number of H-pyrrole nitrogens is 1. The second-order valence-electron chi connectivity index (χ2n) is 5.92. The maximum absolute atomic E-state index is 13.0. The molecule has 2 aromatic rings. The molecule has 11 nitrogen and oxygen atoms in total. The average Bonchev–Trinajstić information content (AvgIpc) is 3.24. The Morgan fingerprint density at radius 3 is 2.00 bits per heavy atom. The van der Waals surface area contributed by atoms with Crippen molar-refractivity contribution in [1.29, 1.82) is 0 Å². The van der Waals surface area contributed by atoms with Gasteiger partial charge in [0.15, 0.2) is 0 Å². The summed E-state index contributed by atoms with van der Waals surface area (Å²) in [6, 6.07) is 5.19. The van der Waals surface area contributed by atoms with E-state index in [4.69, 9.17) is 29.3 Å². The van der Waals surface area contributed by atoms with Gasteiger partial charge < -0.3 is 34.5 Å². The van der Waals surface area contributed by atoms with Crippen molar-refractivity contribution in [3.63, 3.8) is 0 Å². The van der Waals surface area contributed by atoms with Gasteiger partial charge in [0, 0.05) is 30.9 Å². The van der Waals surface area contributed by atoms with Crippen molar-refractivity contribution in [2.24, 2.45) is 0 Å². The summed E-state index contributed by atoms with van der Waals surface area (Å²) in [5, 5.41) is 13.8. The topological polar surface area (TPSA) is 145 Å². The van der Waals surface area contributed by atoms with Crippen LogP contribution >= 0.6 is 0 Å². The molecule has 11 heteroatoms. The highest BCUT2D eigenvalue weighted by molar-refractivity contribution is 5.95. The van der Waals surface area contributed by atoms with Gasteiger partial charge in [-0.2, -0.15) is 0 Å². The lowest BCUT2D eigenvalue weighted by Crippen LogP contribution is -2.36. The zero-order valence-electron chi connectivity index (χ0n) is 17.4. The van der Waals surface area contributed by atoms with Crippen LogP contribution in [-0.4, -0.2) is 90.2 Å². The first kappa shape index (κ1) is 26.4. The fourth-order valence-corrected chi connectivity index (χ4v) is 2.26. The summed E-state index contributed by atoms with van der Waals surface area (Å²) in [5.74, 6) is 1.10. The normalized spacial score (nSPS) is 9.37. The molecule has 1 heterocycles. The van der Waals surface area contributed by atoms with Crippen LogP contribution in [0.3, 0.4) is 0 Å². The summed E-state index contributed by atoms with van der Waals surface area (Å²) in [7, 11) is 7.09. The molecule has 0 fully saturated rings. The van der Waals surface area contributed by atoms with Crippen LogP contribution < -0.4 is 9.47 Å². The van der Waals surface area contributed by atoms with Gasteiger partial charge in [0.2, 0.25) is 0 Å². The number of amides is 1. The Morgan fingerprint density at radius 2 is 1.60 bits per heavy atom. The number of imidazole rings is 1. The van der Waals surface area contributed by atoms with Crippen molar-refractivity contribution in [2.75, 3.05) is 41.4 Å². The first-order valence-corrected chi connectivity index (χ1v) is 8.66. The molecule has 0 radical (unpaired) electrons. The number of aromatic nitrogens is 2. The summed E-state index contributed by atoms with van der Waals surface area (Å²) >= 11 is 0. The summed E-state index contributed by atoms with van der Waals surface area (Å²) in [4.78, 5) is 40.6. The number of nitrogens with zero attached hydrogens (tertiary/aromatic N) is 3. The van der Waals surface area contributed by atoms with E-state index >= 15 is 0 Å². The molecule has 1 amide bonds. The molecule has 0 unspecified atom stereocenters. The number of benzene rings is 1. The molecule has 0 bridgehead atoms. The van der Waals surface area contributed by atoms with E-state index < -0.39 is 0 Å². The van der Waals surface area contributed by atoms with Crippen LogP contribution in [0, 0.1) is 0 Å². The van der Waals surface area contributed by atoms with E-state index in [2.05, 4.69) is 9.97 Å². The summed E-state index contributed by atoms with van der Waals surface area (Å²) < 4.78 is 10.5. The predicted molar refractivity (Wildman–Crippen MR) is 109 cm³/mol. The number of ether oxygens (including phenoxy) is 2. The highest BCUT2D eigenvalue weighted by atomic mass is 16.5. The minimum atomic E-state index is -0.250. The van der Waals surface area contributed by atoms with Crippen LogP contribution in [0.2, 0.25) is 0 Å². The van der Waals surface area contributed by atoms with Crippen LogP contribution in [0.1, 0.15) is 16.1 Å². The molecular formula is C19H28N4O7. The lowest BCUT2D eigenvalue weighted by Gasteiger charge is -2.24. The zero-order chi connectivity index (χ0) is 22.9. The third-order valence-corrected chi connectivity index (χ3v) is 3.62. The molecule has 1 aromatic carbocycles. The van der Waals surface area contributed by atoms with Gasteiger partial charge in [-0.25, -0.2) is 4.98 Å². The largest absolute Gasteiger partial charge is 0.497 e. The predicted octanol–water partition coefficient (Wildman–Crippen LogP) is 1.03. The second-order valence-corrected chi connectivity index (χ2v) is 5.92. The monoisotopic (exact) mass is 424 g/mol. The fourth-order valence-electron chi connectivity index (χ4n) is 2.26. The molecule has 0 saturated carbocycles. The van der Waals surface area contributed by atoms with Gasteiger partial charge in [0.1, 0.15) is 11.5 Å². The van der Waals surface area contributed by atoms with E-state index in [1.165, 1.54) is 0 Å². The van der Waals surface area contributed by atoms with Gasteiger partial charge in [-0.05, 0) is 26.2 Å². The zero-order valence-corrected chi connectivity index (χ0v) is 17.4. The number of nitrogens with one attached hydrogen (secondary N) is 1. The third kappa shape index (κ3) is 10.1. The third-order valence-electron chi connectivity index (χ3n) is 3.62. The minimum absolute atomic E-state index is 0.0800. The van der Waals surface area contributed by atoms with Crippen LogP contribution in [0.5, 0.6) is 11.5 Å². The number of carbonyl (C=O) groups excluding carboxylic acids is 1. The van der Waals surface area contributed by atoms with Crippen LogP contribution in [0.25, 0.3) is 0 Å². The molecule has 30 heavy (non-hydrogen) atoms. The van der Waals surface area contributed by atoms with E-state index in [0.29, 0.717) is 30.2 Å². The number of carboxylic acid groups (broad SMARTS) is 2. The quantitative estimate of drug-likeness (QED) is 0.529. The van der Waals surface area contributed by atoms with E-state index in [0.717, 1.165) is 12.2 Å². The Kier molecular flexibility index (Phi) is 13.5. The number of methoxy groups -OCH3 is 2. The maximum atomic E-state index is 13.0. The Balaban J connectivity index is 0.00000125. The molecule has 0 aliphatic carbocycles. The molecule has 0 atom stereocenters. The second kappa shape index (κ2) is 15.3. The number of hydrogen-bond donors (Lipinski definition) is 3. The molecule has 1 aromatic heterocycles. The van der Waals surface area contributed by atoms with Crippen molar-refractivity contribution < 1.29 is 34.1 Å². The lowest BCUT2D eigenvalue weighted by molar-refractivity contribution is -0.123. The summed E-state index contributed by atoms with van der Waals surface area (Å²) in [6.45, 7) is 1.33. The van der Waals surface area contributed by atoms with Gasteiger partial charge in [-0.15, -0.1) is 0 Å². The first-order valence-electron chi connectivity index (χ1n) is 8.66. The van der Waals surface area contributed by atoms with Crippen LogP contribution in [-0.2, 0) is 16.1 Å². The molecule has 0 aliphatic heterocycles. The van der Waals surface area contributed by atoms with Gasteiger partial charge in [0.25, 0.3) is 18.9 Å². The molecule has 3 N–H and O–H groups in total. The Labute approximate surface area is 174 Å². The number of rotatable bonds is 8. The Hall–Kier alpha value is -3.60. The minimum Gasteiger partial charge on any atom is -0.497 e. The van der Waals surface area contributed by atoms with Gasteiger partial charge in [-0.3, -0.25) is 14.4 Å². The Bertz CT molecular complexity index is 723. The fraction of sp³-hybridized carbons (Fsp3) is 0.368. The smallest absolute Gasteiger partial charge is 0.290 e. The summed E-state index contributed by atoms with van der Waals surface area (Å²) in [5.41, 5.74) is 1.42. The number of hydrogen-bond acceptors (Lipinski definition) is 7. The number of carbonyl (C=O) groups is 3. The van der Waals surface area contributed by atoms with Crippen LogP contribution in [0.4, 0.5) is 0 Å². The van der Waals surface area contributed by atoms with E-state index in [1.54, 1.807) is 49.8 Å². The standard InChI is InChI=1S/C17H24N4O3.2CH2O2/c1-20(2)5-6-21(11-14-10-18-12-19-14)17(22)13-7-15(23-3)9-16(8-13)24-4;2*2-1-3/h7-10,12H,5-6,11H2,1-4H3,(H,18,19);2*1H,(H,2,3). The molecular weight excluding hydrogens is 396 g/mol. The Morgan fingerprint density at radius 1 is 1.07 bits per heavy atom. The number of likely N-dealkylation sites (N-methyl/N-ethyl adjacent to an activating group) is 1. The average molecular weight is 424 g/mol. The van der Waals surface area contributed by atoms with Gasteiger partial charge >= 0.3 is 0 Å².